The van der Waals surface area contributed by atoms with Crippen molar-refractivity contribution in [1.29, 1.82) is 0 Å². The molecule has 3 amide bonds. The van der Waals surface area contributed by atoms with Crippen molar-refractivity contribution in [3.8, 4) is 0 Å². The highest BCUT2D eigenvalue weighted by molar-refractivity contribution is 5.92. The fourth-order valence-corrected chi connectivity index (χ4v) is 2.56. The molecule has 0 aromatic carbocycles. The van der Waals surface area contributed by atoms with Crippen LogP contribution in [-0.4, -0.2) is 54.3 Å². The standard InChI is InChI=1S/C15H28N4O3/c1-9(2)8-12(14(21)18-10(3)13(16)20)19(4)15(22)11-6-5-7-17-11/h9-12,17H,5-8H2,1-4H3,(H2,16,20)(H,18,21)/t10-,11+,12+/m1/s1. The van der Waals surface area contributed by atoms with Crippen LogP contribution in [0.1, 0.15) is 40.0 Å². The molecule has 1 aliphatic heterocycles. The number of nitrogens with one attached hydrogen (secondary N) is 2. The third kappa shape index (κ3) is 4.98. The van der Waals surface area contributed by atoms with E-state index < -0.39 is 18.0 Å². The largest absolute Gasteiger partial charge is 0.368 e. The van der Waals surface area contributed by atoms with E-state index in [2.05, 4.69) is 10.6 Å². The highest BCUT2D eigenvalue weighted by Crippen LogP contribution is 2.15. The minimum atomic E-state index is -0.754. The zero-order valence-electron chi connectivity index (χ0n) is 13.9. The van der Waals surface area contributed by atoms with Gasteiger partial charge in [-0.05, 0) is 38.6 Å². The van der Waals surface area contributed by atoms with Crippen molar-refractivity contribution in [2.45, 2.75) is 58.2 Å². The van der Waals surface area contributed by atoms with Crippen LogP contribution in [0.4, 0.5) is 0 Å². The number of nitrogens with zero attached hydrogens (tertiary/aromatic N) is 1. The van der Waals surface area contributed by atoms with Gasteiger partial charge in [0.05, 0.1) is 6.04 Å². The van der Waals surface area contributed by atoms with Gasteiger partial charge in [-0.2, -0.15) is 0 Å². The number of likely N-dealkylation sites (N-methyl/N-ethyl adjacent to an activating group) is 1. The molecule has 1 aliphatic rings. The van der Waals surface area contributed by atoms with Gasteiger partial charge in [-0.25, -0.2) is 0 Å². The predicted molar refractivity (Wildman–Crippen MR) is 83.8 cm³/mol. The van der Waals surface area contributed by atoms with Crippen molar-refractivity contribution in [2.24, 2.45) is 11.7 Å². The molecule has 1 rings (SSSR count). The Morgan fingerprint density at radius 1 is 1.32 bits per heavy atom. The van der Waals surface area contributed by atoms with E-state index in [1.54, 1.807) is 7.05 Å². The molecule has 22 heavy (non-hydrogen) atoms. The summed E-state index contributed by atoms with van der Waals surface area (Å²) in [6.45, 7) is 6.34. The second-order valence-electron chi connectivity index (χ2n) is 6.38. The Bertz CT molecular complexity index is 419. The molecule has 3 atom stereocenters. The molecule has 7 heteroatoms. The predicted octanol–water partition coefficient (Wildman–Crippen LogP) is -0.398. The average Bonchev–Trinajstić information content (AvgIpc) is 2.96. The fraction of sp³-hybridized carbons (Fsp3) is 0.800. The molecule has 0 radical (unpaired) electrons. The van der Waals surface area contributed by atoms with Crippen LogP contribution in [-0.2, 0) is 14.4 Å². The van der Waals surface area contributed by atoms with Crippen LogP contribution in [0.3, 0.4) is 0 Å². The third-order valence-corrected chi connectivity index (χ3v) is 3.96. The average molecular weight is 312 g/mol. The minimum absolute atomic E-state index is 0.0787. The first-order valence-electron chi connectivity index (χ1n) is 7.83. The fourth-order valence-electron chi connectivity index (χ4n) is 2.56. The lowest BCUT2D eigenvalue weighted by molar-refractivity contribution is -0.141. The van der Waals surface area contributed by atoms with E-state index in [9.17, 15) is 14.4 Å². The van der Waals surface area contributed by atoms with Gasteiger partial charge in [-0.3, -0.25) is 14.4 Å². The summed E-state index contributed by atoms with van der Waals surface area (Å²) in [4.78, 5) is 37.5. The molecule has 1 saturated heterocycles. The van der Waals surface area contributed by atoms with E-state index >= 15 is 0 Å². The van der Waals surface area contributed by atoms with Gasteiger partial charge in [0, 0.05) is 7.05 Å². The highest BCUT2D eigenvalue weighted by atomic mass is 16.2. The van der Waals surface area contributed by atoms with Gasteiger partial charge >= 0.3 is 0 Å². The van der Waals surface area contributed by atoms with E-state index in [4.69, 9.17) is 5.73 Å². The van der Waals surface area contributed by atoms with Crippen LogP contribution in [0.5, 0.6) is 0 Å². The number of rotatable bonds is 7. The molecule has 0 bridgehead atoms. The van der Waals surface area contributed by atoms with Crippen LogP contribution in [0.2, 0.25) is 0 Å². The summed E-state index contributed by atoms with van der Waals surface area (Å²) < 4.78 is 0. The maximum absolute atomic E-state index is 12.5. The number of carbonyl (C=O) groups excluding carboxylic acids is 3. The summed E-state index contributed by atoms with van der Waals surface area (Å²) in [5.74, 6) is -0.770. The zero-order valence-corrected chi connectivity index (χ0v) is 13.9. The Morgan fingerprint density at radius 3 is 2.41 bits per heavy atom. The van der Waals surface area contributed by atoms with E-state index in [0.29, 0.717) is 6.42 Å². The first-order valence-corrected chi connectivity index (χ1v) is 7.83. The van der Waals surface area contributed by atoms with Crippen LogP contribution < -0.4 is 16.4 Å². The molecule has 7 nitrogen and oxygen atoms in total. The van der Waals surface area contributed by atoms with E-state index in [-0.39, 0.29) is 23.8 Å². The molecule has 0 aromatic heterocycles. The Morgan fingerprint density at radius 2 is 1.95 bits per heavy atom. The van der Waals surface area contributed by atoms with E-state index in [1.165, 1.54) is 11.8 Å². The van der Waals surface area contributed by atoms with E-state index in [0.717, 1.165) is 19.4 Å². The molecule has 4 N–H and O–H groups in total. The maximum atomic E-state index is 12.5. The molecule has 0 aliphatic carbocycles. The smallest absolute Gasteiger partial charge is 0.243 e. The molecular formula is C15H28N4O3. The van der Waals surface area contributed by atoms with Crippen molar-refractivity contribution in [1.82, 2.24) is 15.5 Å². The summed E-state index contributed by atoms with van der Waals surface area (Å²) in [7, 11) is 1.64. The van der Waals surface area contributed by atoms with Crippen LogP contribution in [0.25, 0.3) is 0 Å². The van der Waals surface area contributed by atoms with Crippen molar-refractivity contribution >= 4 is 17.7 Å². The Balaban J connectivity index is 2.79. The number of carbonyl (C=O) groups is 3. The van der Waals surface area contributed by atoms with Crippen LogP contribution >= 0.6 is 0 Å². The van der Waals surface area contributed by atoms with Crippen molar-refractivity contribution in [3.05, 3.63) is 0 Å². The first kappa shape index (κ1) is 18.4. The zero-order chi connectivity index (χ0) is 16.9. The first-order chi connectivity index (χ1) is 10.2. The SMILES string of the molecule is CC(C)C[C@@H](C(=O)N[C@H](C)C(N)=O)N(C)C(=O)[C@@H]1CCCN1. The molecular weight excluding hydrogens is 284 g/mol. The Kier molecular flexibility index (Phi) is 6.80. The number of amides is 3. The third-order valence-electron chi connectivity index (χ3n) is 3.96. The number of nitrogens with two attached hydrogens (primary N) is 1. The normalized spacial score (nSPS) is 20.5. The lowest BCUT2D eigenvalue weighted by atomic mass is 10.0. The number of hydrogen-bond donors (Lipinski definition) is 3. The highest BCUT2D eigenvalue weighted by Gasteiger charge is 2.33. The lowest BCUT2D eigenvalue weighted by Gasteiger charge is -2.31. The van der Waals surface area contributed by atoms with Gasteiger partial charge in [0.1, 0.15) is 12.1 Å². The molecule has 1 heterocycles. The molecule has 0 unspecified atom stereocenters. The van der Waals surface area contributed by atoms with Gasteiger partial charge in [0.25, 0.3) is 0 Å². The molecule has 0 spiro atoms. The Labute approximate surface area is 132 Å². The Hall–Kier alpha value is -1.63. The van der Waals surface area contributed by atoms with Crippen LogP contribution in [0, 0.1) is 5.92 Å². The second kappa shape index (κ2) is 8.12. The summed E-state index contributed by atoms with van der Waals surface area (Å²) in [5.41, 5.74) is 5.18. The van der Waals surface area contributed by atoms with Crippen LogP contribution in [0.15, 0.2) is 0 Å². The van der Waals surface area contributed by atoms with Gasteiger partial charge < -0.3 is 21.3 Å². The monoisotopic (exact) mass is 312 g/mol. The van der Waals surface area contributed by atoms with Crippen molar-refractivity contribution in [3.63, 3.8) is 0 Å². The number of hydrogen-bond acceptors (Lipinski definition) is 4. The topological polar surface area (TPSA) is 105 Å². The lowest BCUT2D eigenvalue weighted by Crippen LogP contribution is -2.55. The molecule has 0 saturated carbocycles. The van der Waals surface area contributed by atoms with E-state index in [1.807, 2.05) is 13.8 Å². The minimum Gasteiger partial charge on any atom is -0.368 e. The quantitative estimate of drug-likeness (QED) is 0.595. The summed E-state index contributed by atoms with van der Waals surface area (Å²) >= 11 is 0. The van der Waals surface area contributed by atoms with Crippen molar-refractivity contribution < 1.29 is 14.4 Å². The molecule has 0 aromatic rings. The van der Waals surface area contributed by atoms with Gasteiger partial charge in [0.15, 0.2) is 0 Å². The summed E-state index contributed by atoms with van der Waals surface area (Å²) in [6.07, 6.45) is 2.28. The van der Waals surface area contributed by atoms with Gasteiger partial charge in [0.2, 0.25) is 17.7 Å². The van der Waals surface area contributed by atoms with Gasteiger partial charge in [-0.15, -0.1) is 0 Å². The molecule has 126 valence electrons. The molecule has 1 fully saturated rings. The summed E-state index contributed by atoms with van der Waals surface area (Å²) in [5, 5.41) is 5.73. The number of primary amides is 1. The van der Waals surface area contributed by atoms with Gasteiger partial charge in [-0.1, -0.05) is 13.8 Å². The van der Waals surface area contributed by atoms with Crippen molar-refractivity contribution in [2.75, 3.05) is 13.6 Å². The summed E-state index contributed by atoms with van der Waals surface area (Å²) in [6, 6.07) is -1.58. The second-order valence-corrected chi connectivity index (χ2v) is 6.38. The maximum Gasteiger partial charge on any atom is 0.243 e.